The Bertz CT molecular complexity index is 875. The number of halogens is 2. The second-order valence-electron chi connectivity index (χ2n) is 6.64. The Kier molecular flexibility index (Phi) is 5.38. The van der Waals surface area contributed by atoms with E-state index < -0.39 is 5.92 Å². The molecule has 0 aliphatic carbocycles. The maximum absolute atomic E-state index is 13.4. The lowest BCUT2D eigenvalue weighted by Crippen LogP contribution is -2.39. The van der Waals surface area contributed by atoms with Gasteiger partial charge in [0.05, 0.1) is 18.6 Å². The molecule has 0 aromatic heterocycles. The smallest absolute Gasteiger partial charge is 0.132 e. The first-order valence-electron chi connectivity index (χ1n) is 8.89. The number of ether oxygens (including phenoxy) is 2. The Hall–Kier alpha value is -2.02. The first kappa shape index (κ1) is 18.3. The van der Waals surface area contributed by atoms with Crippen molar-refractivity contribution < 1.29 is 18.7 Å². The molecule has 0 bridgehead atoms. The number of carbonyl (C=O) groups is 1. The first-order chi connectivity index (χ1) is 13.2. The number of rotatable bonds is 4. The van der Waals surface area contributed by atoms with Gasteiger partial charge in [-0.25, -0.2) is 4.39 Å². The molecule has 2 aromatic carbocycles. The molecule has 0 amide bonds. The summed E-state index contributed by atoms with van der Waals surface area (Å²) in [6, 6.07) is 11.8. The molecule has 2 unspecified atom stereocenters. The molecule has 4 rings (SSSR count). The van der Waals surface area contributed by atoms with Crippen LogP contribution in [-0.4, -0.2) is 32.1 Å². The molecule has 1 saturated heterocycles. The summed E-state index contributed by atoms with van der Waals surface area (Å²) in [5.74, 6) is 0.564. The molecule has 0 spiro atoms. The lowest BCUT2D eigenvalue weighted by atomic mass is 9.83. The maximum Gasteiger partial charge on any atom is 0.132 e. The molecular weight excluding hydrogens is 413 g/mol. The molecule has 2 atom stereocenters. The number of aldehydes is 1. The van der Waals surface area contributed by atoms with Gasteiger partial charge in [-0.2, -0.15) is 0 Å². The van der Waals surface area contributed by atoms with Crippen molar-refractivity contribution in [1.82, 2.24) is 5.32 Å². The van der Waals surface area contributed by atoms with Crippen LogP contribution in [0.25, 0.3) is 5.57 Å². The van der Waals surface area contributed by atoms with Gasteiger partial charge in [-0.15, -0.1) is 0 Å². The summed E-state index contributed by atoms with van der Waals surface area (Å²) in [5, 5.41) is 3.31. The summed E-state index contributed by atoms with van der Waals surface area (Å²) >= 11 is 3.46. The highest BCUT2D eigenvalue weighted by Gasteiger charge is 2.32. The molecule has 2 aliphatic heterocycles. The van der Waals surface area contributed by atoms with Crippen molar-refractivity contribution in [2.24, 2.45) is 0 Å². The molecule has 27 heavy (non-hydrogen) atoms. The van der Waals surface area contributed by atoms with Gasteiger partial charge < -0.3 is 19.6 Å². The van der Waals surface area contributed by atoms with Crippen molar-refractivity contribution in [3.8, 4) is 5.75 Å². The molecule has 0 radical (unpaired) electrons. The summed E-state index contributed by atoms with van der Waals surface area (Å²) < 4.78 is 26.4. The zero-order valence-corrected chi connectivity index (χ0v) is 16.2. The third kappa shape index (κ3) is 3.83. The van der Waals surface area contributed by atoms with E-state index in [2.05, 4.69) is 21.2 Å². The Morgan fingerprint density at radius 1 is 1.22 bits per heavy atom. The number of carbonyl (C=O) groups excluding carboxylic acids is 1. The van der Waals surface area contributed by atoms with Crippen LogP contribution in [0.5, 0.6) is 5.75 Å². The summed E-state index contributed by atoms with van der Waals surface area (Å²) in [5.41, 5.74) is 2.34. The Balaban J connectivity index is 1.80. The van der Waals surface area contributed by atoms with Crippen LogP contribution in [0.1, 0.15) is 23.5 Å². The Labute approximate surface area is 165 Å². The third-order valence-electron chi connectivity index (χ3n) is 4.86. The predicted molar refractivity (Wildman–Crippen MR) is 104 cm³/mol. The number of hydrogen-bond acceptors (Lipinski definition) is 4. The van der Waals surface area contributed by atoms with E-state index in [1.54, 1.807) is 12.1 Å². The van der Waals surface area contributed by atoms with Gasteiger partial charge >= 0.3 is 0 Å². The van der Waals surface area contributed by atoms with E-state index in [4.69, 9.17) is 9.47 Å². The molecular formula is C21H19BrFNO3. The van der Waals surface area contributed by atoms with Crippen molar-refractivity contribution in [3.05, 3.63) is 69.6 Å². The highest BCUT2D eigenvalue weighted by Crippen LogP contribution is 2.45. The Morgan fingerprint density at radius 2 is 2.04 bits per heavy atom. The fourth-order valence-corrected chi connectivity index (χ4v) is 3.97. The number of nitrogens with one attached hydrogen (secondary N) is 1. The van der Waals surface area contributed by atoms with Crippen LogP contribution in [0.3, 0.4) is 0 Å². The van der Waals surface area contributed by atoms with Crippen molar-refractivity contribution in [3.63, 3.8) is 0 Å². The second kappa shape index (κ2) is 7.92. The van der Waals surface area contributed by atoms with Crippen LogP contribution in [0, 0.1) is 5.82 Å². The van der Waals surface area contributed by atoms with E-state index in [9.17, 15) is 9.18 Å². The minimum atomic E-state index is -0.483. The van der Waals surface area contributed by atoms with Gasteiger partial charge in [0, 0.05) is 35.1 Å². The number of hydrogen-bond donors (Lipinski definition) is 1. The van der Waals surface area contributed by atoms with Crippen LogP contribution in [0.15, 0.2) is 52.7 Å². The fraction of sp³-hybridized carbons (Fsp3) is 0.286. The highest BCUT2D eigenvalue weighted by molar-refractivity contribution is 9.10. The van der Waals surface area contributed by atoms with E-state index in [-0.39, 0.29) is 11.9 Å². The standard InChI is InChI=1S/C21H19BrFNO3/c22-14-3-6-19-17(9-14)18(12-25)21(13-1-4-15(23)5-2-13)20(27-19)10-16-11-24-7-8-26-16/h1-6,9,12,16,18,24H,7-8,10-11H2. The van der Waals surface area contributed by atoms with Gasteiger partial charge in [0.25, 0.3) is 0 Å². The molecule has 6 heteroatoms. The monoisotopic (exact) mass is 431 g/mol. The van der Waals surface area contributed by atoms with Crippen molar-refractivity contribution in [2.45, 2.75) is 18.4 Å². The van der Waals surface area contributed by atoms with Gasteiger partial charge in [-0.05, 0) is 35.9 Å². The molecule has 2 heterocycles. The van der Waals surface area contributed by atoms with E-state index in [1.165, 1.54) is 12.1 Å². The topological polar surface area (TPSA) is 47.6 Å². The minimum Gasteiger partial charge on any atom is -0.461 e. The normalized spacial score (nSPS) is 22.1. The third-order valence-corrected chi connectivity index (χ3v) is 5.35. The van der Waals surface area contributed by atoms with Crippen molar-refractivity contribution in [2.75, 3.05) is 19.7 Å². The van der Waals surface area contributed by atoms with Gasteiger partial charge in [0.15, 0.2) is 0 Å². The molecule has 140 valence electrons. The average Bonchev–Trinajstić information content (AvgIpc) is 2.69. The van der Waals surface area contributed by atoms with Crippen LogP contribution in [0.2, 0.25) is 0 Å². The number of allylic oxidation sites excluding steroid dienone is 1. The molecule has 2 aromatic rings. The van der Waals surface area contributed by atoms with E-state index in [0.29, 0.717) is 24.5 Å². The summed E-state index contributed by atoms with van der Waals surface area (Å²) in [6.45, 7) is 2.20. The average molecular weight is 432 g/mol. The zero-order chi connectivity index (χ0) is 18.8. The lowest BCUT2D eigenvalue weighted by Gasteiger charge is -2.31. The molecule has 1 N–H and O–H groups in total. The zero-order valence-electron chi connectivity index (χ0n) is 14.6. The summed E-state index contributed by atoms with van der Waals surface area (Å²) in [6.07, 6.45) is 1.43. The van der Waals surface area contributed by atoms with Crippen LogP contribution in [-0.2, 0) is 9.53 Å². The van der Waals surface area contributed by atoms with Gasteiger partial charge in [0.2, 0.25) is 0 Å². The maximum atomic E-state index is 13.4. The number of fused-ring (bicyclic) bond motifs is 1. The van der Waals surface area contributed by atoms with Gasteiger partial charge in [-0.1, -0.05) is 28.1 Å². The van der Waals surface area contributed by atoms with E-state index in [1.807, 2.05) is 18.2 Å². The van der Waals surface area contributed by atoms with Crippen LogP contribution in [0.4, 0.5) is 4.39 Å². The summed E-state index contributed by atoms with van der Waals surface area (Å²) in [4.78, 5) is 12.1. The minimum absolute atomic E-state index is 0.0338. The fourth-order valence-electron chi connectivity index (χ4n) is 3.59. The van der Waals surface area contributed by atoms with E-state index >= 15 is 0 Å². The van der Waals surface area contributed by atoms with Gasteiger partial charge in [-0.3, -0.25) is 0 Å². The second-order valence-corrected chi connectivity index (χ2v) is 7.56. The lowest BCUT2D eigenvalue weighted by molar-refractivity contribution is -0.108. The SMILES string of the molecule is O=CC1C(c2ccc(F)cc2)=C(CC2CNCCO2)Oc2ccc(Br)cc21. The Morgan fingerprint density at radius 3 is 2.74 bits per heavy atom. The predicted octanol–water partition coefficient (Wildman–Crippen LogP) is 4.05. The van der Waals surface area contributed by atoms with Crippen molar-refractivity contribution >= 4 is 27.8 Å². The van der Waals surface area contributed by atoms with Crippen molar-refractivity contribution in [1.29, 1.82) is 0 Å². The first-order valence-corrected chi connectivity index (χ1v) is 9.69. The quantitative estimate of drug-likeness (QED) is 0.741. The molecule has 2 aliphatic rings. The highest BCUT2D eigenvalue weighted by atomic mass is 79.9. The summed E-state index contributed by atoms with van der Waals surface area (Å²) in [7, 11) is 0. The van der Waals surface area contributed by atoms with Gasteiger partial charge in [0.1, 0.15) is 23.6 Å². The van der Waals surface area contributed by atoms with E-state index in [0.717, 1.165) is 40.5 Å². The van der Waals surface area contributed by atoms with Crippen LogP contribution < -0.4 is 10.1 Å². The molecule has 4 nitrogen and oxygen atoms in total. The number of morpholine rings is 1. The largest absolute Gasteiger partial charge is 0.461 e. The van der Waals surface area contributed by atoms with Crippen LogP contribution >= 0.6 is 15.9 Å². The number of benzene rings is 2. The molecule has 1 fully saturated rings. The molecule has 0 saturated carbocycles.